The molecule has 2 heteroatoms. The van der Waals surface area contributed by atoms with Gasteiger partial charge < -0.3 is 14.9 Å². The van der Waals surface area contributed by atoms with Gasteiger partial charge in [0.15, 0.2) is 0 Å². The van der Waals surface area contributed by atoms with E-state index >= 15 is 0 Å². The molecule has 0 nitrogen and oxygen atoms in total. The molecule has 0 atom stereocenters. The Bertz CT molecular complexity index is 2250. The van der Waals surface area contributed by atoms with Gasteiger partial charge in [-0.2, -0.15) is 12.1 Å². The van der Waals surface area contributed by atoms with Crippen LogP contribution in [0, 0.1) is 28.7 Å². The molecule has 47 heavy (non-hydrogen) atoms. The first kappa shape index (κ1) is 36.0. The van der Waals surface area contributed by atoms with Crippen molar-refractivity contribution in [2.75, 3.05) is 0 Å². The van der Waals surface area contributed by atoms with Crippen molar-refractivity contribution in [1.29, 1.82) is 0 Å². The third-order valence-corrected chi connectivity index (χ3v) is 8.85. The first-order valence-electron chi connectivity index (χ1n) is 15.6. The first-order chi connectivity index (χ1) is 22.0. The third-order valence-electron chi connectivity index (χ3n) is 8.85. The molecule has 0 amide bonds. The minimum atomic E-state index is 0. The zero-order valence-corrected chi connectivity index (χ0v) is 31.8. The molecule has 0 aliphatic carbocycles. The van der Waals surface area contributed by atoms with E-state index in [1.807, 2.05) is 0 Å². The van der Waals surface area contributed by atoms with E-state index in [0.717, 1.165) is 0 Å². The average molecular weight is 702 g/mol. The molecule has 234 valence electrons. The maximum atomic E-state index is 3.06. The van der Waals surface area contributed by atoms with Crippen molar-refractivity contribution in [2.45, 2.75) is 33.6 Å². The number of aryl methyl sites for hydroxylation is 2. The van der Waals surface area contributed by atoms with E-state index in [1.165, 1.54) is 105 Å². The Morgan fingerprint density at radius 2 is 1.00 bits per heavy atom. The Hall–Kier alpha value is -3.84. The van der Waals surface area contributed by atoms with Crippen molar-refractivity contribution in [3.05, 3.63) is 171 Å². The van der Waals surface area contributed by atoms with Crippen molar-refractivity contribution in [1.82, 2.24) is 0 Å². The van der Waals surface area contributed by atoms with E-state index in [9.17, 15) is 0 Å². The normalized spacial score (nSPS) is 10.6. The van der Waals surface area contributed by atoms with E-state index in [-0.39, 0.29) is 14.9 Å². The van der Waals surface area contributed by atoms with Gasteiger partial charge in [-0.3, -0.25) is 0 Å². The Morgan fingerprint density at radius 1 is 0.511 bits per heavy atom. The molecule has 0 saturated carbocycles. The molecule has 0 aromatic heterocycles. The fourth-order valence-electron chi connectivity index (χ4n) is 6.57. The van der Waals surface area contributed by atoms with Gasteiger partial charge >= 0.3 is 30.2 Å². The Labute approximate surface area is 298 Å². The van der Waals surface area contributed by atoms with Gasteiger partial charge in [0, 0.05) is 0 Å². The summed E-state index contributed by atoms with van der Waals surface area (Å²) in [4.78, 5) is 0. The summed E-state index contributed by atoms with van der Waals surface area (Å²) in [5.74, 6) is 0.563. The second-order valence-corrected chi connectivity index (χ2v) is 12.1. The fourth-order valence-corrected chi connectivity index (χ4v) is 6.57. The van der Waals surface area contributed by atoms with E-state index in [0.29, 0.717) is 5.92 Å². The van der Waals surface area contributed by atoms with Gasteiger partial charge in [0.1, 0.15) is 0 Å². The summed E-state index contributed by atoms with van der Waals surface area (Å²) in [7, 11) is 0. The summed E-state index contributed by atoms with van der Waals surface area (Å²) in [5.41, 5.74) is 9.42. The van der Waals surface area contributed by atoms with Gasteiger partial charge in [0.2, 0.25) is 0 Å². The molecule has 8 rings (SSSR count). The standard InChI is InChI=1S/C22H19.C21H17.2CH3.Si.Zr/c1-15(2)18-13-17-9-6-12-21(22(17)14-18)20-11-5-8-16-7-3-4-10-19(16)20;1-14-12-20-15(2)10-11-19(21(20)13-14)18-9-5-7-16-6-3-4-8-17(16)18;;;;/h3-15H,1-2H3;3-13H,1-2H3;2*1H3;;/q4*-1;;. The van der Waals surface area contributed by atoms with Crippen molar-refractivity contribution in [2.24, 2.45) is 0 Å². The predicted octanol–water partition coefficient (Wildman–Crippen LogP) is 13.0. The molecule has 8 aromatic carbocycles. The van der Waals surface area contributed by atoms with E-state index in [1.54, 1.807) is 0 Å². The molecule has 0 heterocycles. The van der Waals surface area contributed by atoms with Crippen LogP contribution >= 0.6 is 0 Å². The summed E-state index contributed by atoms with van der Waals surface area (Å²) >= 11 is 1.36. The van der Waals surface area contributed by atoms with Crippen molar-refractivity contribution < 1.29 is 23.3 Å². The molecule has 2 radical (unpaired) electrons. The average Bonchev–Trinajstić information content (AvgIpc) is 3.70. The summed E-state index contributed by atoms with van der Waals surface area (Å²) in [6.07, 6.45) is 0. The number of hydrogen-bond acceptors (Lipinski definition) is 0. The SMILES string of the molecule is CC(C)c1cc2c(-c3cccc4ccccc34)cccc2[cH-]1.Cc1cc2c(-c3cccc4ccccc34)ccc(C)c2[cH-]1.[CH3-].[CH3-].[Si]=[Zr]. The Morgan fingerprint density at radius 3 is 1.57 bits per heavy atom. The quantitative estimate of drug-likeness (QED) is 0.127. The van der Waals surface area contributed by atoms with Crippen LogP contribution in [0.15, 0.2) is 140 Å². The van der Waals surface area contributed by atoms with Crippen LogP contribution in [0.5, 0.6) is 0 Å². The summed E-state index contributed by atoms with van der Waals surface area (Å²) in [6, 6.07) is 50.8. The van der Waals surface area contributed by atoms with E-state index in [4.69, 9.17) is 0 Å². The van der Waals surface area contributed by atoms with E-state index < -0.39 is 0 Å². The van der Waals surface area contributed by atoms with Gasteiger partial charge in [-0.1, -0.05) is 136 Å². The molecule has 0 unspecified atom stereocenters. The van der Waals surface area contributed by atoms with Crippen LogP contribution in [-0.2, 0) is 23.3 Å². The molecule has 0 aliphatic heterocycles. The molecule has 0 fully saturated rings. The summed E-state index contributed by atoms with van der Waals surface area (Å²) in [6.45, 7) is 11.9. The van der Waals surface area contributed by atoms with Crippen molar-refractivity contribution >= 4 is 50.0 Å². The molecular formula is C45H42SiZr-4. The molecule has 0 bridgehead atoms. The minimum absolute atomic E-state index is 0. The summed E-state index contributed by atoms with van der Waals surface area (Å²) < 4.78 is 0. The molecule has 0 spiro atoms. The number of benzene rings is 6. The number of hydrogen-bond donors (Lipinski definition) is 0. The first-order valence-corrected chi connectivity index (χ1v) is 19.7. The van der Waals surface area contributed by atoms with Gasteiger partial charge in [-0.15, -0.1) is 68.6 Å². The maximum absolute atomic E-state index is 3.06. The number of fused-ring (bicyclic) bond motifs is 4. The van der Waals surface area contributed by atoms with Crippen LogP contribution in [0.1, 0.15) is 36.5 Å². The van der Waals surface area contributed by atoms with Gasteiger partial charge in [-0.05, 0) is 38.6 Å². The molecule has 8 aromatic rings. The Balaban J connectivity index is 0.000000195. The van der Waals surface area contributed by atoms with Crippen LogP contribution < -0.4 is 0 Å². The zero-order chi connectivity index (χ0) is 31.5. The topological polar surface area (TPSA) is 0 Å². The van der Waals surface area contributed by atoms with Crippen LogP contribution in [0.2, 0.25) is 0 Å². The van der Waals surface area contributed by atoms with Crippen molar-refractivity contribution in [3.63, 3.8) is 0 Å². The predicted molar refractivity (Wildman–Crippen MR) is 207 cm³/mol. The van der Waals surface area contributed by atoms with Crippen molar-refractivity contribution in [3.8, 4) is 22.3 Å². The second kappa shape index (κ2) is 15.8. The monoisotopic (exact) mass is 700 g/mol. The molecule has 0 saturated heterocycles. The second-order valence-electron chi connectivity index (χ2n) is 12.1. The fraction of sp³-hybridized carbons (Fsp3) is 0.111. The number of rotatable bonds is 3. The van der Waals surface area contributed by atoms with Crippen LogP contribution in [-0.4, -0.2) is 6.88 Å². The molecular weight excluding hydrogens is 660 g/mol. The van der Waals surface area contributed by atoms with Crippen LogP contribution in [0.3, 0.4) is 0 Å². The van der Waals surface area contributed by atoms with Gasteiger partial charge in [-0.25, -0.2) is 0 Å². The Kier molecular flexibility index (Phi) is 12.1. The summed E-state index contributed by atoms with van der Waals surface area (Å²) in [5, 5.41) is 10.7. The van der Waals surface area contributed by atoms with Crippen LogP contribution in [0.4, 0.5) is 0 Å². The molecule has 0 aliphatic rings. The molecule has 0 N–H and O–H groups in total. The van der Waals surface area contributed by atoms with Gasteiger partial charge in [0.25, 0.3) is 0 Å². The van der Waals surface area contributed by atoms with Crippen LogP contribution in [0.25, 0.3) is 65.3 Å². The van der Waals surface area contributed by atoms with E-state index in [2.05, 4.69) is 174 Å². The van der Waals surface area contributed by atoms with Gasteiger partial charge in [0.05, 0.1) is 0 Å². The third kappa shape index (κ3) is 7.20. The zero-order valence-electron chi connectivity index (χ0n) is 28.4.